The minimum atomic E-state index is -0.0515. The summed E-state index contributed by atoms with van der Waals surface area (Å²) in [5, 5.41) is 15.9. The number of aliphatic hydroxyl groups excluding tert-OH is 1. The number of aliphatic hydroxyl groups is 1. The number of hydrogen-bond acceptors (Lipinski definition) is 3. The quantitative estimate of drug-likeness (QED) is 0.748. The van der Waals surface area contributed by atoms with E-state index in [4.69, 9.17) is 0 Å². The minimum absolute atomic E-state index is 0.0515. The molecule has 4 nitrogen and oxygen atoms in total. The van der Waals surface area contributed by atoms with Gasteiger partial charge < -0.3 is 15.7 Å². The summed E-state index contributed by atoms with van der Waals surface area (Å²) in [4.78, 5) is 11.3. The van der Waals surface area contributed by atoms with Gasteiger partial charge in [0.05, 0.1) is 6.61 Å². The van der Waals surface area contributed by atoms with E-state index in [1.807, 2.05) is 12.1 Å². The molecule has 0 unspecified atom stereocenters. The fourth-order valence-electron chi connectivity index (χ4n) is 2.56. The van der Waals surface area contributed by atoms with Gasteiger partial charge in [0.25, 0.3) is 0 Å². The van der Waals surface area contributed by atoms with Crippen LogP contribution in [-0.2, 0) is 11.2 Å². The fourth-order valence-corrected chi connectivity index (χ4v) is 2.56. The molecule has 1 amide bonds. The Kier molecular flexibility index (Phi) is 4.65. The first kappa shape index (κ1) is 14.9. The van der Waals surface area contributed by atoms with E-state index in [1.165, 1.54) is 5.56 Å². The summed E-state index contributed by atoms with van der Waals surface area (Å²) in [7, 11) is 0. The third kappa shape index (κ3) is 3.12. The van der Waals surface area contributed by atoms with Crippen molar-refractivity contribution in [3.05, 3.63) is 23.8 Å². The summed E-state index contributed by atoms with van der Waals surface area (Å²) in [5.74, 6) is 0.0921. The summed E-state index contributed by atoms with van der Waals surface area (Å²) in [6, 6.07) is 6.04. The first-order valence-corrected chi connectivity index (χ1v) is 7.40. The number of carbonyl (C=O) groups excluding carboxylic acids is 1. The van der Waals surface area contributed by atoms with E-state index in [0.717, 1.165) is 37.2 Å². The van der Waals surface area contributed by atoms with Crippen LogP contribution in [0.2, 0.25) is 0 Å². The van der Waals surface area contributed by atoms with Gasteiger partial charge in [-0.25, -0.2) is 0 Å². The molecule has 0 aromatic heterocycles. The lowest BCUT2D eigenvalue weighted by molar-refractivity contribution is -0.116. The fraction of sp³-hybridized carbons (Fsp3) is 0.562. The molecule has 0 saturated heterocycles. The average Bonchev–Trinajstić information content (AvgIpc) is 2.49. The molecule has 0 atom stereocenters. The number of anilines is 2. The zero-order valence-corrected chi connectivity index (χ0v) is 12.3. The molecule has 1 heterocycles. The smallest absolute Gasteiger partial charge is 0.224 e. The van der Waals surface area contributed by atoms with E-state index in [2.05, 4.69) is 30.5 Å². The summed E-state index contributed by atoms with van der Waals surface area (Å²) < 4.78 is 0. The Morgan fingerprint density at radius 1 is 1.30 bits per heavy atom. The highest BCUT2D eigenvalue weighted by molar-refractivity contribution is 5.94. The van der Waals surface area contributed by atoms with Crippen molar-refractivity contribution in [1.82, 2.24) is 0 Å². The number of aryl methyl sites for hydroxylation is 1. The Labute approximate surface area is 120 Å². The van der Waals surface area contributed by atoms with E-state index < -0.39 is 0 Å². The van der Waals surface area contributed by atoms with Gasteiger partial charge in [-0.1, -0.05) is 13.8 Å². The van der Waals surface area contributed by atoms with E-state index in [-0.39, 0.29) is 17.9 Å². The number of fused-ring (bicyclic) bond motifs is 1. The lowest BCUT2D eigenvalue weighted by Crippen LogP contribution is -2.32. The highest BCUT2D eigenvalue weighted by atomic mass is 16.3. The molecular weight excluding hydrogens is 252 g/mol. The van der Waals surface area contributed by atoms with Gasteiger partial charge in [-0.2, -0.15) is 0 Å². The Balaban J connectivity index is 2.06. The average molecular weight is 276 g/mol. The predicted molar refractivity (Wildman–Crippen MR) is 82.0 cm³/mol. The highest BCUT2D eigenvalue weighted by Gasteiger charge is 2.25. The van der Waals surface area contributed by atoms with Gasteiger partial charge in [0.15, 0.2) is 0 Å². The predicted octanol–water partition coefficient (Wildman–Crippen LogP) is 2.78. The summed E-state index contributed by atoms with van der Waals surface area (Å²) in [5.41, 5.74) is 3.10. The maximum atomic E-state index is 11.3. The number of nitrogens with one attached hydrogen (secondary N) is 2. The molecule has 20 heavy (non-hydrogen) atoms. The lowest BCUT2D eigenvalue weighted by Gasteiger charge is -2.30. The largest absolute Gasteiger partial charge is 0.396 e. The van der Waals surface area contributed by atoms with Gasteiger partial charge in [-0.05, 0) is 43.0 Å². The van der Waals surface area contributed by atoms with Crippen LogP contribution in [0.1, 0.15) is 38.7 Å². The van der Waals surface area contributed by atoms with Gasteiger partial charge in [0.1, 0.15) is 0 Å². The lowest BCUT2D eigenvalue weighted by atomic mass is 9.83. The second-order valence-electron chi connectivity index (χ2n) is 5.64. The Bertz CT molecular complexity index is 473. The highest BCUT2D eigenvalue weighted by Crippen LogP contribution is 2.29. The van der Waals surface area contributed by atoms with Crippen LogP contribution in [0.3, 0.4) is 0 Å². The molecule has 110 valence electrons. The van der Waals surface area contributed by atoms with Gasteiger partial charge in [-0.15, -0.1) is 0 Å². The van der Waals surface area contributed by atoms with Crippen molar-refractivity contribution in [3.63, 3.8) is 0 Å². The standard InChI is InChI=1S/C16H24N2O2/c1-3-16(4-2,11-19)10-17-13-6-7-14-12(9-13)5-8-15(20)18-14/h6-7,9,17,19H,3-5,8,10-11H2,1-2H3,(H,18,20). The van der Waals surface area contributed by atoms with Crippen LogP contribution in [0.25, 0.3) is 0 Å². The maximum Gasteiger partial charge on any atom is 0.224 e. The van der Waals surface area contributed by atoms with E-state index in [1.54, 1.807) is 0 Å². The number of carbonyl (C=O) groups is 1. The van der Waals surface area contributed by atoms with Crippen molar-refractivity contribution in [2.75, 3.05) is 23.8 Å². The van der Waals surface area contributed by atoms with Gasteiger partial charge in [-0.3, -0.25) is 4.79 Å². The zero-order chi connectivity index (χ0) is 14.6. The third-order valence-electron chi connectivity index (χ3n) is 4.50. The van der Waals surface area contributed by atoms with Crippen LogP contribution < -0.4 is 10.6 Å². The zero-order valence-electron chi connectivity index (χ0n) is 12.3. The topological polar surface area (TPSA) is 61.4 Å². The molecule has 4 heteroatoms. The monoisotopic (exact) mass is 276 g/mol. The summed E-state index contributed by atoms with van der Waals surface area (Å²) >= 11 is 0. The van der Waals surface area contributed by atoms with Crippen molar-refractivity contribution in [2.45, 2.75) is 39.5 Å². The number of benzene rings is 1. The van der Waals surface area contributed by atoms with Gasteiger partial charge in [0.2, 0.25) is 5.91 Å². The van der Waals surface area contributed by atoms with Crippen molar-refractivity contribution in [3.8, 4) is 0 Å². The Hall–Kier alpha value is -1.55. The molecule has 1 aromatic carbocycles. The second-order valence-corrected chi connectivity index (χ2v) is 5.64. The van der Waals surface area contributed by atoms with Crippen LogP contribution in [0.4, 0.5) is 11.4 Å². The van der Waals surface area contributed by atoms with Crippen molar-refractivity contribution in [1.29, 1.82) is 0 Å². The Morgan fingerprint density at radius 3 is 2.70 bits per heavy atom. The minimum Gasteiger partial charge on any atom is -0.396 e. The SMILES string of the molecule is CCC(CC)(CO)CNc1ccc2c(c1)CCC(=O)N2. The molecule has 1 aliphatic heterocycles. The van der Waals surface area contributed by atoms with Gasteiger partial charge in [0, 0.05) is 29.8 Å². The molecule has 3 N–H and O–H groups in total. The van der Waals surface area contributed by atoms with Crippen LogP contribution in [0.5, 0.6) is 0 Å². The van der Waals surface area contributed by atoms with E-state index in [0.29, 0.717) is 6.42 Å². The van der Waals surface area contributed by atoms with Crippen LogP contribution >= 0.6 is 0 Å². The molecule has 0 radical (unpaired) electrons. The van der Waals surface area contributed by atoms with E-state index in [9.17, 15) is 9.90 Å². The summed E-state index contributed by atoms with van der Waals surface area (Å²) in [6.45, 7) is 5.20. The molecule has 0 fully saturated rings. The van der Waals surface area contributed by atoms with Crippen LogP contribution in [-0.4, -0.2) is 24.2 Å². The second kappa shape index (κ2) is 6.27. The first-order valence-electron chi connectivity index (χ1n) is 7.40. The first-order chi connectivity index (χ1) is 9.62. The number of hydrogen-bond donors (Lipinski definition) is 3. The summed E-state index contributed by atoms with van der Waals surface area (Å²) in [6.07, 6.45) is 3.26. The molecule has 0 aliphatic carbocycles. The van der Waals surface area contributed by atoms with Crippen LogP contribution in [0, 0.1) is 5.41 Å². The number of amides is 1. The molecule has 2 rings (SSSR count). The van der Waals surface area contributed by atoms with Crippen molar-refractivity contribution >= 4 is 17.3 Å². The molecule has 0 saturated carbocycles. The van der Waals surface area contributed by atoms with Crippen molar-refractivity contribution in [2.24, 2.45) is 5.41 Å². The maximum absolute atomic E-state index is 11.3. The molecule has 1 aromatic rings. The molecule has 0 spiro atoms. The Morgan fingerprint density at radius 2 is 2.05 bits per heavy atom. The van der Waals surface area contributed by atoms with E-state index >= 15 is 0 Å². The third-order valence-corrected chi connectivity index (χ3v) is 4.50. The number of rotatable bonds is 6. The normalized spacial score (nSPS) is 14.7. The molecular formula is C16H24N2O2. The van der Waals surface area contributed by atoms with Crippen molar-refractivity contribution < 1.29 is 9.90 Å². The van der Waals surface area contributed by atoms with Gasteiger partial charge >= 0.3 is 0 Å². The molecule has 0 bridgehead atoms. The van der Waals surface area contributed by atoms with Crippen LogP contribution in [0.15, 0.2) is 18.2 Å². The molecule has 1 aliphatic rings.